The first kappa shape index (κ1) is 20.8. The number of hydrogen-bond donors (Lipinski definition) is 0. The molecule has 1 aromatic heterocycles. The standard InChI is InChI=1S/C23H29N5O4/c1-31-18-10-9-15(12-19(18)32-2)23-25-24-20-13-27(16-6-3-4-7-17(16)28(20)23)22(30)14-26-11-5-8-21(26)29/h9-10,12,16-17H,3-8,11,13-14H2,1-2H3/t16-,17+/m0/s1. The smallest absolute Gasteiger partial charge is 0.242 e. The van der Waals surface area contributed by atoms with E-state index in [9.17, 15) is 9.59 Å². The van der Waals surface area contributed by atoms with Crippen LogP contribution in [0.5, 0.6) is 11.5 Å². The lowest BCUT2D eigenvalue weighted by Gasteiger charge is -2.45. The zero-order valence-electron chi connectivity index (χ0n) is 18.6. The number of ether oxygens (including phenoxy) is 2. The molecule has 9 nitrogen and oxygen atoms in total. The Balaban J connectivity index is 1.47. The number of benzene rings is 1. The van der Waals surface area contributed by atoms with Crippen LogP contribution in [0.4, 0.5) is 0 Å². The summed E-state index contributed by atoms with van der Waals surface area (Å²) in [6, 6.07) is 5.98. The van der Waals surface area contributed by atoms with Crippen molar-refractivity contribution in [2.24, 2.45) is 0 Å². The van der Waals surface area contributed by atoms with Crippen LogP contribution in [-0.4, -0.2) is 69.7 Å². The maximum Gasteiger partial charge on any atom is 0.242 e. The summed E-state index contributed by atoms with van der Waals surface area (Å²) in [5.41, 5.74) is 0.910. The van der Waals surface area contributed by atoms with Crippen LogP contribution in [0.15, 0.2) is 18.2 Å². The molecule has 2 atom stereocenters. The number of amides is 2. The van der Waals surface area contributed by atoms with Gasteiger partial charge in [0, 0.05) is 18.5 Å². The summed E-state index contributed by atoms with van der Waals surface area (Å²) in [6.07, 6.45) is 5.51. The van der Waals surface area contributed by atoms with Crippen molar-refractivity contribution in [1.29, 1.82) is 0 Å². The molecule has 0 spiro atoms. The molecule has 3 aliphatic rings. The predicted molar refractivity (Wildman–Crippen MR) is 116 cm³/mol. The molecule has 5 rings (SSSR count). The SMILES string of the molecule is COc1ccc(-c2nnc3n2[C@@H]2CCCC[C@@H]2N(C(=O)CN2CCCC2=O)C3)cc1OC. The van der Waals surface area contributed by atoms with Crippen molar-refractivity contribution in [3.8, 4) is 22.9 Å². The molecular formula is C23H29N5O4. The molecule has 1 aliphatic carbocycles. The van der Waals surface area contributed by atoms with Gasteiger partial charge in [0.05, 0.1) is 39.4 Å². The minimum absolute atomic E-state index is 0.0130. The first-order chi connectivity index (χ1) is 15.6. The second kappa shape index (κ2) is 8.44. The lowest BCUT2D eigenvalue weighted by atomic mass is 9.87. The Morgan fingerprint density at radius 1 is 1.06 bits per heavy atom. The molecule has 2 aromatic rings. The lowest BCUT2D eigenvalue weighted by molar-refractivity contribution is -0.142. The van der Waals surface area contributed by atoms with E-state index < -0.39 is 0 Å². The average molecular weight is 440 g/mol. The fourth-order valence-corrected chi connectivity index (χ4v) is 5.38. The maximum atomic E-state index is 13.2. The van der Waals surface area contributed by atoms with Crippen molar-refractivity contribution < 1.29 is 19.1 Å². The fourth-order valence-electron chi connectivity index (χ4n) is 5.38. The van der Waals surface area contributed by atoms with Crippen LogP contribution >= 0.6 is 0 Å². The molecule has 2 amide bonds. The van der Waals surface area contributed by atoms with E-state index in [4.69, 9.17) is 9.47 Å². The highest BCUT2D eigenvalue weighted by Crippen LogP contribution is 2.41. The van der Waals surface area contributed by atoms with Gasteiger partial charge in [-0.3, -0.25) is 9.59 Å². The van der Waals surface area contributed by atoms with Gasteiger partial charge in [-0.1, -0.05) is 12.8 Å². The summed E-state index contributed by atoms with van der Waals surface area (Å²) >= 11 is 0. The van der Waals surface area contributed by atoms with Gasteiger partial charge in [-0.05, 0) is 37.5 Å². The quantitative estimate of drug-likeness (QED) is 0.711. The number of methoxy groups -OCH3 is 2. The van der Waals surface area contributed by atoms with E-state index in [1.165, 1.54) is 0 Å². The summed E-state index contributed by atoms with van der Waals surface area (Å²) in [4.78, 5) is 28.9. The molecule has 1 aromatic carbocycles. The largest absolute Gasteiger partial charge is 0.493 e. The Labute approximate surface area is 187 Å². The maximum absolute atomic E-state index is 13.2. The highest BCUT2D eigenvalue weighted by Gasteiger charge is 2.41. The number of carbonyl (C=O) groups is 2. The van der Waals surface area contributed by atoms with Gasteiger partial charge in [-0.15, -0.1) is 10.2 Å². The number of carbonyl (C=O) groups excluding carboxylic acids is 2. The van der Waals surface area contributed by atoms with E-state index in [1.54, 1.807) is 19.1 Å². The number of rotatable bonds is 5. The van der Waals surface area contributed by atoms with E-state index in [-0.39, 0.29) is 30.4 Å². The van der Waals surface area contributed by atoms with Crippen molar-refractivity contribution in [1.82, 2.24) is 24.6 Å². The Kier molecular flexibility index (Phi) is 5.48. The molecule has 0 radical (unpaired) electrons. The zero-order chi connectivity index (χ0) is 22.2. The highest BCUT2D eigenvalue weighted by atomic mass is 16.5. The first-order valence-corrected chi connectivity index (χ1v) is 11.3. The Bertz CT molecular complexity index is 1040. The number of hydrogen-bond acceptors (Lipinski definition) is 6. The Morgan fingerprint density at radius 3 is 2.56 bits per heavy atom. The minimum Gasteiger partial charge on any atom is -0.493 e. The van der Waals surface area contributed by atoms with E-state index in [0.29, 0.717) is 31.0 Å². The van der Waals surface area contributed by atoms with E-state index >= 15 is 0 Å². The fraction of sp³-hybridized carbons (Fsp3) is 0.565. The van der Waals surface area contributed by atoms with Crippen molar-refractivity contribution in [2.75, 3.05) is 27.3 Å². The number of aromatic nitrogens is 3. The van der Waals surface area contributed by atoms with Crippen LogP contribution < -0.4 is 9.47 Å². The molecule has 0 bridgehead atoms. The Hall–Kier alpha value is -3.10. The minimum atomic E-state index is 0.0130. The second-order valence-corrected chi connectivity index (χ2v) is 8.74. The van der Waals surface area contributed by atoms with Crippen molar-refractivity contribution in [3.05, 3.63) is 24.0 Å². The van der Waals surface area contributed by atoms with Crippen molar-refractivity contribution in [2.45, 2.75) is 57.2 Å². The molecule has 170 valence electrons. The average Bonchev–Trinajstić information content (AvgIpc) is 3.44. The van der Waals surface area contributed by atoms with Crippen molar-refractivity contribution in [3.63, 3.8) is 0 Å². The van der Waals surface area contributed by atoms with Crippen LogP contribution in [0.25, 0.3) is 11.4 Å². The third kappa shape index (κ3) is 3.49. The second-order valence-electron chi connectivity index (χ2n) is 8.74. The Morgan fingerprint density at radius 2 is 1.84 bits per heavy atom. The molecule has 2 fully saturated rings. The van der Waals surface area contributed by atoms with Crippen LogP contribution in [0.3, 0.4) is 0 Å². The van der Waals surface area contributed by atoms with Crippen LogP contribution in [0, 0.1) is 0 Å². The van der Waals surface area contributed by atoms with E-state index in [2.05, 4.69) is 14.8 Å². The highest BCUT2D eigenvalue weighted by molar-refractivity contribution is 5.86. The first-order valence-electron chi connectivity index (χ1n) is 11.3. The van der Waals surface area contributed by atoms with E-state index in [1.807, 2.05) is 23.1 Å². The van der Waals surface area contributed by atoms with Gasteiger partial charge in [0.25, 0.3) is 0 Å². The molecule has 3 heterocycles. The molecule has 0 N–H and O–H groups in total. The predicted octanol–water partition coefficient (Wildman–Crippen LogP) is 2.41. The van der Waals surface area contributed by atoms with Gasteiger partial charge in [-0.25, -0.2) is 0 Å². The molecule has 9 heteroatoms. The molecule has 2 aliphatic heterocycles. The summed E-state index contributed by atoms with van der Waals surface area (Å²) in [5.74, 6) is 2.98. The lowest BCUT2D eigenvalue weighted by Crippen LogP contribution is -2.53. The van der Waals surface area contributed by atoms with Crippen LogP contribution in [0.2, 0.25) is 0 Å². The van der Waals surface area contributed by atoms with E-state index in [0.717, 1.165) is 49.3 Å². The summed E-state index contributed by atoms with van der Waals surface area (Å²) in [5, 5.41) is 8.98. The van der Waals surface area contributed by atoms with Gasteiger partial charge in [0.1, 0.15) is 0 Å². The molecule has 1 saturated heterocycles. The van der Waals surface area contributed by atoms with Crippen LogP contribution in [-0.2, 0) is 16.1 Å². The van der Waals surface area contributed by atoms with Gasteiger partial charge < -0.3 is 23.8 Å². The monoisotopic (exact) mass is 439 g/mol. The number of fused-ring (bicyclic) bond motifs is 3. The third-order valence-electron chi connectivity index (χ3n) is 6.96. The van der Waals surface area contributed by atoms with Gasteiger partial charge >= 0.3 is 0 Å². The number of nitrogens with zero attached hydrogens (tertiary/aromatic N) is 5. The van der Waals surface area contributed by atoms with Crippen molar-refractivity contribution >= 4 is 11.8 Å². The summed E-state index contributed by atoms with van der Waals surface area (Å²) in [6.45, 7) is 1.26. The summed E-state index contributed by atoms with van der Waals surface area (Å²) < 4.78 is 13.1. The third-order valence-corrected chi connectivity index (χ3v) is 6.96. The van der Waals surface area contributed by atoms with Crippen LogP contribution in [0.1, 0.15) is 50.4 Å². The van der Waals surface area contributed by atoms with Gasteiger partial charge in [0.2, 0.25) is 11.8 Å². The summed E-state index contributed by atoms with van der Waals surface area (Å²) in [7, 11) is 3.23. The normalized spacial score (nSPS) is 22.5. The number of likely N-dealkylation sites (tertiary alicyclic amines) is 1. The molecular weight excluding hydrogens is 410 g/mol. The molecule has 1 saturated carbocycles. The van der Waals surface area contributed by atoms with Gasteiger partial charge in [-0.2, -0.15) is 0 Å². The zero-order valence-corrected chi connectivity index (χ0v) is 18.6. The van der Waals surface area contributed by atoms with Gasteiger partial charge in [0.15, 0.2) is 23.1 Å². The topological polar surface area (TPSA) is 89.8 Å². The molecule has 0 unspecified atom stereocenters. The molecule has 32 heavy (non-hydrogen) atoms.